The number of aliphatic hydroxyl groups is 4. The van der Waals surface area contributed by atoms with E-state index in [1.807, 2.05) is 0 Å². The summed E-state index contributed by atoms with van der Waals surface area (Å²) in [5.41, 5.74) is -1.54. The van der Waals surface area contributed by atoms with Crippen LogP contribution in [-0.2, 0) is 30.0 Å². The molecule has 8 fully saturated rings. The molecule has 14 nitrogen and oxygen atoms in total. The van der Waals surface area contributed by atoms with Crippen molar-refractivity contribution < 1.29 is 39.6 Å². The van der Waals surface area contributed by atoms with Crippen molar-refractivity contribution in [2.45, 2.75) is 54.9 Å². The zero-order chi connectivity index (χ0) is 35.0. The van der Waals surface area contributed by atoms with Crippen LogP contribution < -0.4 is 10.6 Å². The summed E-state index contributed by atoms with van der Waals surface area (Å²) in [6.45, 7) is -1.38. The molecule has 6 N–H and O–H groups in total. The average Bonchev–Trinajstić information content (AvgIpc) is 3.65. The van der Waals surface area contributed by atoms with Crippen molar-refractivity contribution in [1.82, 2.24) is 19.6 Å². The molecule has 262 valence electrons. The molecule has 8 saturated heterocycles. The molecule has 10 aliphatic rings. The van der Waals surface area contributed by atoms with E-state index < -0.39 is 91.7 Å². The summed E-state index contributed by atoms with van der Waals surface area (Å²) in [7, 11) is 9.25. The number of nitrogens with one attached hydrogen (secondary N) is 2. The summed E-state index contributed by atoms with van der Waals surface area (Å²) >= 11 is 0. The number of benzene rings is 2. The van der Waals surface area contributed by atoms with E-state index in [9.17, 15) is 39.6 Å². The standard InChI is InChI=1S/C30H28N6O8S6/c1-33-23(43)29-17(39)27(13-7-3-5-9-15(13)31-19(27)35(29)21(41)25(33,11-37)45-49-47-29)28-14-8-4-6-10-16(14)32-20(28)36-22(42)26(12-38)34(2)24(44)30(36,18(28)40)48-50-46-26/h3-10,17-20,31-32,37-40H,11-12H2,1-2H3/t17-,18-,19-,20+,25+,26+,27?,28?,29-,30-/m0/s1. The molecule has 4 bridgehead atoms. The summed E-state index contributed by atoms with van der Waals surface area (Å²) in [6.07, 6.45) is -5.90. The lowest BCUT2D eigenvalue weighted by atomic mass is 9.52. The number of nitrogens with zero attached hydrogens (tertiary/aromatic N) is 4. The molecule has 2 spiro atoms. The summed E-state index contributed by atoms with van der Waals surface area (Å²) in [4.78, 5) is 57.5. The fraction of sp³-hybridized carbons (Fsp3) is 0.467. The predicted molar refractivity (Wildman–Crippen MR) is 193 cm³/mol. The van der Waals surface area contributed by atoms with Crippen LogP contribution in [0.1, 0.15) is 11.1 Å². The third kappa shape index (κ3) is 2.88. The van der Waals surface area contributed by atoms with E-state index in [0.717, 1.165) is 62.8 Å². The van der Waals surface area contributed by atoms with Crippen molar-refractivity contribution in [3.63, 3.8) is 0 Å². The second-order valence-corrected chi connectivity index (χ2v) is 22.4. The number of para-hydroxylation sites is 2. The lowest BCUT2D eigenvalue weighted by Crippen LogP contribution is -2.75. The first-order valence-electron chi connectivity index (χ1n) is 15.6. The minimum absolute atomic E-state index is 0.492. The largest absolute Gasteiger partial charge is 0.392 e. The van der Waals surface area contributed by atoms with Crippen LogP contribution in [0.4, 0.5) is 11.4 Å². The summed E-state index contributed by atoms with van der Waals surface area (Å²) in [5, 5.41) is 55.4. The minimum atomic E-state index is -1.95. The molecule has 20 heteroatoms. The molecule has 0 aromatic heterocycles. The number of likely N-dealkylation sites (N-methyl/N-ethyl adjacent to an activating group) is 2. The maximum absolute atomic E-state index is 15.0. The molecule has 0 radical (unpaired) electrons. The Morgan fingerprint density at radius 1 is 0.620 bits per heavy atom. The zero-order valence-corrected chi connectivity index (χ0v) is 30.9. The molecule has 10 atom stereocenters. The van der Waals surface area contributed by atoms with Crippen molar-refractivity contribution in [3.8, 4) is 0 Å². The average molecular weight is 793 g/mol. The van der Waals surface area contributed by atoms with E-state index in [1.54, 1.807) is 48.5 Å². The molecular weight excluding hydrogens is 765 g/mol. The van der Waals surface area contributed by atoms with Crippen LogP contribution in [0, 0.1) is 0 Å². The first-order valence-corrected chi connectivity index (χ1v) is 22.5. The van der Waals surface area contributed by atoms with Gasteiger partial charge in [-0.15, -0.1) is 0 Å². The second-order valence-electron chi connectivity index (χ2n) is 13.6. The van der Waals surface area contributed by atoms with Gasteiger partial charge in [0, 0.05) is 25.5 Å². The van der Waals surface area contributed by atoms with Crippen molar-refractivity contribution in [1.29, 1.82) is 0 Å². The number of carbonyl (C=O) groups is 4. The normalized spacial score (nSPS) is 44.7. The van der Waals surface area contributed by atoms with Crippen molar-refractivity contribution in [3.05, 3.63) is 59.7 Å². The highest BCUT2D eigenvalue weighted by molar-refractivity contribution is 9.10. The van der Waals surface area contributed by atoms with Gasteiger partial charge in [0.05, 0.1) is 24.0 Å². The number of piperazine rings is 2. The number of hydrogen-bond acceptors (Lipinski definition) is 16. The molecule has 2 aromatic rings. The summed E-state index contributed by atoms with van der Waals surface area (Å²) in [6, 6.07) is 14.3. The quantitative estimate of drug-likeness (QED) is 0.237. The van der Waals surface area contributed by atoms with Crippen LogP contribution in [-0.4, -0.2) is 135 Å². The minimum Gasteiger partial charge on any atom is -0.392 e. The van der Waals surface area contributed by atoms with Crippen LogP contribution >= 0.6 is 62.8 Å². The van der Waals surface area contributed by atoms with Crippen LogP contribution in [0.5, 0.6) is 0 Å². The first-order chi connectivity index (χ1) is 24.0. The molecular formula is C30H28N6O8S6. The van der Waals surface area contributed by atoms with Gasteiger partial charge in [-0.3, -0.25) is 29.0 Å². The highest BCUT2D eigenvalue weighted by Crippen LogP contribution is 2.78. The lowest BCUT2D eigenvalue weighted by molar-refractivity contribution is -0.168. The van der Waals surface area contributed by atoms with E-state index in [2.05, 4.69) is 10.6 Å². The Morgan fingerprint density at radius 3 is 1.38 bits per heavy atom. The summed E-state index contributed by atoms with van der Waals surface area (Å²) in [5.74, 6) is -2.40. The van der Waals surface area contributed by atoms with Gasteiger partial charge >= 0.3 is 0 Å². The van der Waals surface area contributed by atoms with Gasteiger partial charge in [0.1, 0.15) is 24.5 Å². The Balaban J connectivity index is 1.34. The molecule has 50 heavy (non-hydrogen) atoms. The molecule has 2 aromatic carbocycles. The molecule has 2 unspecified atom stereocenters. The molecule has 4 amide bonds. The maximum atomic E-state index is 15.0. The van der Waals surface area contributed by atoms with Crippen LogP contribution in [0.3, 0.4) is 0 Å². The van der Waals surface area contributed by atoms with Gasteiger partial charge in [0.2, 0.25) is 19.5 Å². The predicted octanol–water partition coefficient (Wildman–Crippen LogP) is 0.572. The smallest absolute Gasteiger partial charge is 0.265 e. The number of fused-ring (bicyclic) bond motifs is 13. The van der Waals surface area contributed by atoms with Gasteiger partial charge in [-0.2, -0.15) is 0 Å². The van der Waals surface area contributed by atoms with Crippen LogP contribution in [0.25, 0.3) is 0 Å². The van der Waals surface area contributed by atoms with E-state index in [0.29, 0.717) is 22.5 Å². The summed E-state index contributed by atoms with van der Waals surface area (Å²) < 4.78 is 0. The molecule has 10 aliphatic heterocycles. The van der Waals surface area contributed by atoms with Gasteiger partial charge in [-0.1, -0.05) is 36.4 Å². The third-order valence-electron chi connectivity index (χ3n) is 12.2. The van der Waals surface area contributed by atoms with E-state index >= 15 is 0 Å². The van der Waals surface area contributed by atoms with Gasteiger partial charge in [0.15, 0.2) is 0 Å². The Morgan fingerprint density at radius 2 is 1.00 bits per heavy atom. The third-order valence-corrected chi connectivity index (χ3v) is 22.3. The van der Waals surface area contributed by atoms with Crippen molar-refractivity contribution >= 4 is 97.8 Å². The highest BCUT2D eigenvalue weighted by atomic mass is 33.5. The molecule has 0 saturated carbocycles. The Hall–Kier alpha value is -2.14. The fourth-order valence-corrected chi connectivity index (χ4v) is 21.7. The number of anilines is 2. The number of rotatable bonds is 3. The van der Waals surface area contributed by atoms with Crippen LogP contribution in [0.2, 0.25) is 0 Å². The van der Waals surface area contributed by atoms with Gasteiger partial charge in [-0.05, 0) is 86.1 Å². The lowest BCUT2D eigenvalue weighted by Gasteiger charge is -2.51. The number of aliphatic hydroxyl groups excluding tert-OH is 4. The van der Waals surface area contributed by atoms with Gasteiger partial charge in [0.25, 0.3) is 23.6 Å². The topological polar surface area (TPSA) is 186 Å². The van der Waals surface area contributed by atoms with Crippen molar-refractivity contribution in [2.24, 2.45) is 0 Å². The maximum Gasteiger partial charge on any atom is 0.265 e. The van der Waals surface area contributed by atoms with E-state index in [1.165, 1.54) is 33.7 Å². The number of amides is 4. The Bertz CT molecular complexity index is 1850. The fourth-order valence-electron chi connectivity index (χ4n) is 10.0. The molecule has 12 rings (SSSR count). The van der Waals surface area contributed by atoms with E-state index in [4.69, 9.17) is 0 Å². The molecule has 0 aliphatic carbocycles. The SMILES string of the molecule is CN1C(=O)[C@]23SSS[C@]1(CO)C(=O)N2[C@H]1Nc2ccccc2C1(C12c4ccccc4N[C@H]1N1C(=O)[C@@]4(CO)SSS[C@]1(C(=O)N4C)[C@H]2O)[C@@H]3O. The molecule has 10 heterocycles. The first kappa shape index (κ1) is 32.5. The van der Waals surface area contributed by atoms with Crippen molar-refractivity contribution in [2.75, 3.05) is 37.9 Å². The monoisotopic (exact) mass is 792 g/mol. The number of carbonyl (C=O) groups excluding carboxylic acids is 4. The van der Waals surface area contributed by atoms with Gasteiger partial charge < -0.3 is 40.9 Å². The van der Waals surface area contributed by atoms with E-state index in [-0.39, 0.29) is 0 Å². The zero-order valence-electron chi connectivity index (χ0n) is 26.0. The Kier molecular flexibility index (Phi) is 6.43. The second kappa shape index (κ2) is 9.88. The van der Waals surface area contributed by atoms with Gasteiger partial charge in [-0.25, -0.2) is 0 Å². The van der Waals surface area contributed by atoms with Crippen LogP contribution in [0.15, 0.2) is 48.5 Å². The number of hydrogen-bond donors (Lipinski definition) is 6. The Labute approximate surface area is 307 Å². The highest BCUT2D eigenvalue weighted by Gasteiger charge is 2.92.